The van der Waals surface area contributed by atoms with Crippen LogP contribution in [0.1, 0.15) is 40.9 Å². The van der Waals surface area contributed by atoms with Crippen LogP contribution in [0.5, 0.6) is 0 Å². The summed E-state index contributed by atoms with van der Waals surface area (Å²) in [5.74, 6) is 0.917. The van der Waals surface area contributed by atoms with Gasteiger partial charge < -0.3 is 10.2 Å². The largest absolute Gasteiger partial charge is 0.357 e. The number of nitrogens with zero attached hydrogens (tertiary/aromatic N) is 3. The summed E-state index contributed by atoms with van der Waals surface area (Å²) >= 11 is 0. The van der Waals surface area contributed by atoms with Gasteiger partial charge in [-0.1, -0.05) is 6.07 Å². The third-order valence-electron chi connectivity index (χ3n) is 4.12. The van der Waals surface area contributed by atoms with Gasteiger partial charge >= 0.3 is 0 Å². The molecule has 1 amide bonds. The number of carbonyl (C=O) groups excluding carboxylic acids is 1. The fraction of sp³-hybridized carbons (Fsp3) is 0.389. The average Bonchev–Trinajstić information content (AvgIpc) is 2.61. The van der Waals surface area contributed by atoms with Crippen molar-refractivity contribution >= 4 is 11.7 Å². The summed E-state index contributed by atoms with van der Waals surface area (Å²) < 4.78 is 0. The smallest absolute Gasteiger partial charge is 0.253 e. The first-order valence-electron chi connectivity index (χ1n) is 8.13. The van der Waals surface area contributed by atoms with E-state index in [0.29, 0.717) is 12.1 Å². The third kappa shape index (κ3) is 4.06. The van der Waals surface area contributed by atoms with Crippen molar-refractivity contribution in [1.82, 2.24) is 15.3 Å². The minimum atomic E-state index is -0.113. The molecule has 0 unspecified atom stereocenters. The summed E-state index contributed by atoms with van der Waals surface area (Å²) in [4.78, 5) is 23.1. The normalized spacial score (nSPS) is 14.6. The number of aryl methyl sites for hydroxylation is 1. The van der Waals surface area contributed by atoms with E-state index < -0.39 is 0 Å². The highest BCUT2D eigenvalue weighted by Crippen LogP contribution is 2.17. The highest BCUT2D eigenvalue weighted by Gasteiger charge is 2.12. The van der Waals surface area contributed by atoms with Crippen molar-refractivity contribution in [1.29, 1.82) is 0 Å². The van der Waals surface area contributed by atoms with Gasteiger partial charge in [-0.25, -0.2) is 4.98 Å². The Morgan fingerprint density at radius 2 is 1.91 bits per heavy atom. The fourth-order valence-corrected chi connectivity index (χ4v) is 2.72. The average molecular weight is 310 g/mol. The molecule has 2 aromatic rings. The number of aromatic nitrogens is 2. The Kier molecular flexibility index (Phi) is 4.86. The first-order valence-corrected chi connectivity index (χ1v) is 8.13. The number of pyridine rings is 2. The van der Waals surface area contributed by atoms with Crippen LogP contribution >= 0.6 is 0 Å². The molecular weight excluding hydrogens is 288 g/mol. The molecular formula is C18H22N4O. The molecule has 1 saturated heterocycles. The van der Waals surface area contributed by atoms with Gasteiger partial charge in [0.1, 0.15) is 5.82 Å². The van der Waals surface area contributed by atoms with E-state index in [1.165, 1.54) is 19.3 Å². The van der Waals surface area contributed by atoms with Crippen LogP contribution in [0.4, 0.5) is 5.82 Å². The Hall–Kier alpha value is -2.43. The van der Waals surface area contributed by atoms with E-state index in [0.717, 1.165) is 30.2 Å². The van der Waals surface area contributed by atoms with Gasteiger partial charge in [-0.05, 0) is 49.9 Å². The van der Waals surface area contributed by atoms with Gasteiger partial charge in [-0.3, -0.25) is 9.78 Å². The van der Waals surface area contributed by atoms with Crippen molar-refractivity contribution in [2.45, 2.75) is 32.7 Å². The number of hydrogen-bond acceptors (Lipinski definition) is 4. The lowest BCUT2D eigenvalue weighted by Crippen LogP contribution is -2.30. The summed E-state index contributed by atoms with van der Waals surface area (Å²) in [5, 5.41) is 2.90. The van der Waals surface area contributed by atoms with Crippen molar-refractivity contribution in [2.24, 2.45) is 0 Å². The van der Waals surface area contributed by atoms with Crippen molar-refractivity contribution in [3.8, 4) is 0 Å². The summed E-state index contributed by atoms with van der Waals surface area (Å²) in [6, 6.07) is 7.70. The highest BCUT2D eigenvalue weighted by atomic mass is 16.1. The zero-order valence-electron chi connectivity index (χ0n) is 13.5. The monoisotopic (exact) mass is 310 g/mol. The molecule has 0 atom stereocenters. The molecule has 1 aliphatic rings. The third-order valence-corrected chi connectivity index (χ3v) is 4.12. The van der Waals surface area contributed by atoms with Gasteiger partial charge in [-0.15, -0.1) is 0 Å². The van der Waals surface area contributed by atoms with Crippen LogP contribution in [0.15, 0.2) is 36.7 Å². The van der Waals surface area contributed by atoms with Gasteiger partial charge in [0.2, 0.25) is 0 Å². The van der Waals surface area contributed by atoms with E-state index in [9.17, 15) is 4.79 Å². The molecule has 120 valence electrons. The van der Waals surface area contributed by atoms with Gasteiger partial charge in [0.15, 0.2) is 0 Å². The van der Waals surface area contributed by atoms with Crippen molar-refractivity contribution in [2.75, 3.05) is 18.0 Å². The molecule has 1 fully saturated rings. The molecule has 2 aromatic heterocycles. The van der Waals surface area contributed by atoms with Gasteiger partial charge in [-0.2, -0.15) is 0 Å². The van der Waals surface area contributed by atoms with Crippen LogP contribution < -0.4 is 10.2 Å². The van der Waals surface area contributed by atoms with Gasteiger partial charge in [0.25, 0.3) is 5.91 Å². The van der Waals surface area contributed by atoms with E-state index in [1.54, 1.807) is 12.3 Å². The number of amides is 1. The van der Waals surface area contributed by atoms with Crippen LogP contribution in [0.3, 0.4) is 0 Å². The predicted octanol–water partition coefficient (Wildman–Crippen LogP) is 2.71. The Balaban J connectivity index is 1.55. The number of rotatable bonds is 4. The molecule has 0 spiro atoms. The van der Waals surface area contributed by atoms with Crippen molar-refractivity contribution < 1.29 is 4.79 Å². The Morgan fingerprint density at radius 3 is 2.57 bits per heavy atom. The van der Waals surface area contributed by atoms with E-state index in [2.05, 4.69) is 20.2 Å². The maximum atomic E-state index is 12.1. The summed E-state index contributed by atoms with van der Waals surface area (Å²) in [6.45, 7) is 4.55. The molecule has 0 saturated carbocycles. The van der Waals surface area contributed by atoms with E-state index in [4.69, 9.17) is 0 Å². The Morgan fingerprint density at radius 1 is 1.09 bits per heavy atom. The zero-order valence-corrected chi connectivity index (χ0v) is 13.5. The van der Waals surface area contributed by atoms with Crippen LogP contribution in [0, 0.1) is 6.92 Å². The van der Waals surface area contributed by atoms with E-state index in [1.807, 2.05) is 31.3 Å². The van der Waals surface area contributed by atoms with Crippen LogP contribution in [-0.2, 0) is 6.54 Å². The van der Waals surface area contributed by atoms with Crippen LogP contribution in [-0.4, -0.2) is 29.0 Å². The predicted molar refractivity (Wildman–Crippen MR) is 90.4 cm³/mol. The molecule has 0 aromatic carbocycles. The molecule has 5 nitrogen and oxygen atoms in total. The first-order chi connectivity index (χ1) is 11.2. The number of nitrogens with one attached hydrogen (secondary N) is 1. The minimum Gasteiger partial charge on any atom is -0.357 e. The SMILES string of the molecule is Cc1ccc(C(=O)NCc2ccc(N3CCCCC3)nc2)cn1. The Bertz CT molecular complexity index is 646. The zero-order chi connectivity index (χ0) is 16.1. The quantitative estimate of drug-likeness (QED) is 0.943. The molecule has 3 rings (SSSR count). The second kappa shape index (κ2) is 7.22. The standard InChI is InChI=1S/C18H22N4O/c1-14-5-7-16(13-19-14)18(23)21-12-15-6-8-17(20-11-15)22-9-3-2-4-10-22/h5-8,11,13H,2-4,9-10,12H2,1H3,(H,21,23). The van der Waals surface area contributed by atoms with Crippen LogP contribution in [0.2, 0.25) is 0 Å². The molecule has 1 N–H and O–H groups in total. The van der Waals surface area contributed by atoms with Crippen molar-refractivity contribution in [3.63, 3.8) is 0 Å². The highest BCUT2D eigenvalue weighted by molar-refractivity contribution is 5.93. The number of hydrogen-bond donors (Lipinski definition) is 1. The van der Waals surface area contributed by atoms with E-state index >= 15 is 0 Å². The number of piperidine rings is 1. The molecule has 3 heterocycles. The lowest BCUT2D eigenvalue weighted by molar-refractivity contribution is 0.0950. The summed E-state index contributed by atoms with van der Waals surface area (Å²) in [6.07, 6.45) is 7.24. The second-order valence-electron chi connectivity index (χ2n) is 5.94. The topological polar surface area (TPSA) is 58.1 Å². The molecule has 1 aliphatic heterocycles. The Labute approximate surface area is 136 Å². The molecule has 0 aliphatic carbocycles. The van der Waals surface area contributed by atoms with E-state index in [-0.39, 0.29) is 5.91 Å². The van der Waals surface area contributed by atoms with Crippen LogP contribution in [0.25, 0.3) is 0 Å². The number of carbonyl (C=O) groups is 1. The van der Waals surface area contributed by atoms with Crippen molar-refractivity contribution in [3.05, 3.63) is 53.5 Å². The lowest BCUT2D eigenvalue weighted by atomic mass is 10.1. The fourth-order valence-electron chi connectivity index (χ4n) is 2.72. The summed E-state index contributed by atoms with van der Waals surface area (Å²) in [7, 11) is 0. The first kappa shape index (κ1) is 15.5. The van der Waals surface area contributed by atoms with Gasteiger partial charge in [0.05, 0.1) is 5.56 Å². The summed E-state index contributed by atoms with van der Waals surface area (Å²) in [5.41, 5.74) is 2.48. The molecule has 5 heteroatoms. The molecule has 23 heavy (non-hydrogen) atoms. The maximum Gasteiger partial charge on any atom is 0.253 e. The maximum absolute atomic E-state index is 12.1. The number of anilines is 1. The van der Waals surface area contributed by atoms with Gasteiger partial charge in [0, 0.05) is 37.7 Å². The second-order valence-corrected chi connectivity index (χ2v) is 5.94. The molecule has 0 bridgehead atoms. The minimum absolute atomic E-state index is 0.113. The lowest BCUT2D eigenvalue weighted by Gasteiger charge is -2.27. The molecule has 0 radical (unpaired) electrons.